The van der Waals surface area contributed by atoms with Crippen molar-refractivity contribution < 1.29 is 4.79 Å². The molecular formula is C18H19ClN2O. The Bertz CT molecular complexity index is 698. The Balaban J connectivity index is 0.00000144. The molecule has 3 nitrogen and oxygen atoms in total. The van der Waals surface area contributed by atoms with Crippen LogP contribution >= 0.6 is 12.4 Å². The van der Waals surface area contributed by atoms with E-state index in [1.807, 2.05) is 12.1 Å². The van der Waals surface area contributed by atoms with Crippen LogP contribution in [0.1, 0.15) is 41.5 Å². The minimum atomic E-state index is 0. The maximum atomic E-state index is 11.8. The summed E-state index contributed by atoms with van der Waals surface area (Å²) in [5.74, 6) is 0.972. The quantitative estimate of drug-likeness (QED) is 0.793. The number of amides is 1. The van der Waals surface area contributed by atoms with Crippen molar-refractivity contribution in [1.82, 2.24) is 5.32 Å². The zero-order valence-corrected chi connectivity index (χ0v) is 13.0. The predicted molar refractivity (Wildman–Crippen MR) is 90.0 cm³/mol. The van der Waals surface area contributed by atoms with Gasteiger partial charge in [-0.3, -0.25) is 4.79 Å². The largest absolute Gasteiger partial charge is 0.399 e. The fourth-order valence-corrected chi connectivity index (χ4v) is 3.92. The van der Waals surface area contributed by atoms with Gasteiger partial charge in [0.05, 0.1) is 6.04 Å². The third-order valence-corrected chi connectivity index (χ3v) is 4.84. The summed E-state index contributed by atoms with van der Waals surface area (Å²) in [6.07, 6.45) is 1.57. The van der Waals surface area contributed by atoms with Crippen LogP contribution in [0.15, 0.2) is 48.5 Å². The summed E-state index contributed by atoms with van der Waals surface area (Å²) in [5, 5.41) is 3.18. The molecule has 22 heavy (non-hydrogen) atoms. The molecule has 2 aliphatic rings. The zero-order chi connectivity index (χ0) is 14.4. The second-order valence-electron chi connectivity index (χ2n) is 6.02. The van der Waals surface area contributed by atoms with Crippen molar-refractivity contribution in [1.29, 1.82) is 0 Å². The lowest BCUT2D eigenvalue weighted by molar-refractivity contribution is -0.124. The molecule has 3 N–H and O–H groups in total. The van der Waals surface area contributed by atoms with Crippen molar-refractivity contribution in [2.75, 3.05) is 5.73 Å². The van der Waals surface area contributed by atoms with E-state index in [4.69, 9.17) is 5.73 Å². The van der Waals surface area contributed by atoms with Crippen LogP contribution in [-0.4, -0.2) is 5.91 Å². The van der Waals surface area contributed by atoms with Gasteiger partial charge in [-0.05, 0) is 41.2 Å². The highest BCUT2D eigenvalue weighted by atomic mass is 35.5. The first kappa shape index (κ1) is 14.9. The van der Waals surface area contributed by atoms with Crippen molar-refractivity contribution in [2.24, 2.45) is 5.92 Å². The first-order valence-corrected chi connectivity index (χ1v) is 7.47. The van der Waals surface area contributed by atoms with Crippen LogP contribution < -0.4 is 11.1 Å². The molecule has 0 bridgehead atoms. The predicted octanol–water partition coefficient (Wildman–Crippen LogP) is 3.40. The average molecular weight is 315 g/mol. The van der Waals surface area contributed by atoms with Crippen molar-refractivity contribution in [3.05, 3.63) is 65.2 Å². The van der Waals surface area contributed by atoms with Crippen LogP contribution in [0.4, 0.5) is 5.69 Å². The molecule has 1 unspecified atom stereocenters. The van der Waals surface area contributed by atoms with Gasteiger partial charge in [0.2, 0.25) is 5.91 Å². The molecule has 1 aliphatic heterocycles. The Kier molecular flexibility index (Phi) is 3.83. The van der Waals surface area contributed by atoms with Gasteiger partial charge in [-0.2, -0.15) is 0 Å². The molecule has 0 radical (unpaired) electrons. The fraction of sp³-hybridized carbons (Fsp3) is 0.278. The van der Waals surface area contributed by atoms with Gasteiger partial charge in [0.25, 0.3) is 0 Å². The molecule has 3 atom stereocenters. The third-order valence-electron chi connectivity index (χ3n) is 4.84. The highest BCUT2D eigenvalue weighted by Crippen LogP contribution is 2.51. The lowest BCUT2D eigenvalue weighted by Gasteiger charge is -2.30. The molecule has 1 aliphatic carbocycles. The smallest absolute Gasteiger partial charge is 0.220 e. The first-order chi connectivity index (χ1) is 10.2. The average Bonchev–Trinajstić information content (AvgIpc) is 2.82. The summed E-state index contributed by atoms with van der Waals surface area (Å²) in [6, 6.07) is 16.8. The number of halogens is 1. The molecule has 1 saturated heterocycles. The molecule has 1 amide bonds. The van der Waals surface area contributed by atoms with Crippen LogP contribution in [0, 0.1) is 5.92 Å². The van der Waals surface area contributed by atoms with E-state index in [1.165, 1.54) is 16.7 Å². The third kappa shape index (κ3) is 2.26. The molecule has 4 rings (SSSR count). The topological polar surface area (TPSA) is 55.1 Å². The lowest BCUT2D eigenvalue weighted by Crippen LogP contribution is -2.37. The molecule has 114 valence electrons. The highest BCUT2D eigenvalue weighted by molar-refractivity contribution is 5.85. The van der Waals surface area contributed by atoms with Gasteiger partial charge in [-0.1, -0.05) is 36.4 Å². The summed E-state index contributed by atoms with van der Waals surface area (Å²) < 4.78 is 0. The Morgan fingerprint density at radius 2 is 1.68 bits per heavy atom. The molecule has 1 heterocycles. The van der Waals surface area contributed by atoms with Gasteiger partial charge < -0.3 is 11.1 Å². The van der Waals surface area contributed by atoms with E-state index in [0.717, 1.165) is 12.1 Å². The summed E-state index contributed by atoms with van der Waals surface area (Å²) in [7, 11) is 0. The minimum absolute atomic E-state index is 0. The number of benzene rings is 2. The van der Waals surface area contributed by atoms with E-state index < -0.39 is 0 Å². The van der Waals surface area contributed by atoms with Gasteiger partial charge in [0.15, 0.2) is 0 Å². The highest BCUT2D eigenvalue weighted by Gasteiger charge is 2.43. The van der Waals surface area contributed by atoms with Crippen LogP contribution in [0.3, 0.4) is 0 Å². The van der Waals surface area contributed by atoms with E-state index in [-0.39, 0.29) is 24.4 Å². The number of rotatable bonds is 1. The van der Waals surface area contributed by atoms with Gasteiger partial charge in [-0.25, -0.2) is 0 Å². The number of nitrogen functional groups attached to an aromatic ring is 1. The lowest BCUT2D eigenvalue weighted by atomic mass is 9.80. The monoisotopic (exact) mass is 314 g/mol. The summed E-state index contributed by atoms with van der Waals surface area (Å²) in [4.78, 5) is 11.8. The van der Waals surface area contributed by atoms with Crippen LogP contribution in [-0.2, 0) is 4.79 Å². The van der Waals surface area contributed by atoms with E-state index in [2.05, 4.69) is 41.7 Å². The van der Waals surface area contributed by atoms with Gasteiger partial charge in [-0.15, -0.1) is 12.4 Å². The van der Waals surface area contributed by atoms with Crippen LogP contribution in [0.25, 0.3) is 0 Å². The molecule has 2 aromatic rings. The maximum absolute atomic E-state index is 11.8. The molecule has 1 fully saturated rings. The minimum Gasteiger partial charge on any atom is -0.399 e. The van der Waals surface area contributed by atoms with Crippen molar-refractivity contribution in [3.63, 3.8) is 0 Å². The Hall–Kier alpha value is -2.00. The number of piperidine rings is 1. The van der Waals surface area contributed by atoms with E-state index in [9.17, 15) is 4.79 Å². The summed E-state index contributed by atoms with van der Waals surface area (Å²) in [5.41, 5.74) is 10.5. The molecule has 4 heteroatoms. The number of carbonyl (C=O) groups excluding carboxylic acids is 1. The van der Waals surface area contributed by atoms with E-state index in [0.29, 0.717) is 18.3 Å². The number of carbonyl (C=O) groups is 1. The number of anilines is 1. The molecular weight excluding hydrogens is 296 g/mol. The van der Waals surface area contributed by atoms with Crippen LogP contribution in [0.2, 0.25) is 0 Å². The zero-order valence-electron chi connectivity index (χ0n) is 12.2. The van der Waals surface area contributed by atoms with Crippen molar-refractivity contribution in [2.45, 2.75) is 24.8 Å². The molecule has 0 spiro atoms. The van der Waals surface area contributed by atoms with Crippen molar-refractivity contribution in [3.8, 4) is 0 Å². The molecule has 0 aromatic heterocycles. The van der Waals surface area contributed by atoms with E-state index in [1.54, 1.807) is 0 Å². The Labute approximate surface area is 136 Å². The molecule has 0 saturated carbocycles. The van der Waals surface area contributed by atoms with Gasteiger partial charge in [0, 0.05) is 18.0 Å². The number of hydrogen-bond donors (Lipinski definition) is 2. The fourth-order valence-electron chi connectivity index (χ4n) is 3.92. The van der Waals surface area contributed by atoms with Crippen molar-refractivity contribution >= 4 is 24.0 Å². The van der Waals surface area contributed by atoms with Gasteiger partial charge in [0.1, 0.15) is 0 Å². The standard InChI is InChI=1S/C18H18N2O.ClH/c19-12-7-5-11(6-8-12)17-13-3-1-2-4-14(13)18-15(17)9-10-16(21)20-18;/h1-8,15,17-18H,9-10,19H2,(H,20,21);1H/t15-,17?,18-;/m1./s1. The Morgan fingerprint density at radius 1 is 1.00 bits per heavy atom. The number of hydrogen-bond acceptors (Lipinski definition) is 2. The SMILES string of the molecule is Cl.Nc1ccc(C2c3ccccc3[C@H]3NC(=O)CC[C@H]23)cc1. The first-order valence-electron chi connectivity index (χ1n) is 7.47. The second kappa shape index (κ2) is 5.65. The van der Waals surface area contributed by atoms with Gasteiger partial charge >= 0.3 is 0 Å². The van der Waals surface area contributed by atoms with E-state index >= 15 is 0 Å². The summed E-state index contributed by atoms with van der Waals surface area (Å²) >= 11 is 0. The number of nitrogens with one attached hydrogen (secondary N) is 1. The normalized spacial score (nSPS) is 25.6. The second-order valence-corrected chi connectivity index (χ2v) is 6.02. The Morgan fingerprint density at radius 3 is 2.41 bits per heavy atom. The van der Waals surface area contributed by atoms with Crippen LogP contribution in [0.5, 0.6) is 0 Å². The molecule has 2 aromatic carbocycles. The number of fused-ring (bicyclic) bond motifs is 3. The number of nitrogens with two attached hydrogens (primary N) is 1. The maximum Gasteiger partial charge on any atom is 0.220 e. The summed E-state index contributed by atoms with van der Waals surface area (Å²) in [6.45, 7) is 0.